The number of hydrogen-bond donors (Lipinski definition) is 3. The van der Waals surface area contributed by atoms with E-state index in [-0.39, 0.29) is 24.1 Å². The van der Waals surface area contributed by atoms with Gasteiger partial charge in [0.05, 0.1) is 17.5 Å². The minimum Gasteiger partial charge on any atom is -0.439 e. The summed E-state index contributed by atoms with van der Waals surface area (Å²) in [5.41, 5.74) is 5.84. The molecule has 0 unspecified atom stereocenters. The van der Waals surface area contributed by atoms with Crippen molar-refractivity contribution in [1.29, 1.82) is 0 Å². The molecular formula is C32H41ClF2N6O5S. The van der Waals surface area contributed by atoms with Crippen LogP contribution in [0, 0.1) is 11.6 Å². The number of halogens is 3. The minimum absolute atomic E-state index is 0. The van der Waals surface area contributed by atoms with Crippen LogP contribution in [0.5, 0.6) is 11.6 Å². The van der Waals surface area contributed by atoms with Gasteiger partial charge in [-0.1, -0.05) is 32.3 Å². The Kier molecular flexibility index (Phi) is 13.7. The van der Waals surface area contributed by atoms with Gasteiger partial charge in [-0.25, -0.2) is 27.0 Å². The van der Waals surface area contributed by atoms with Gasteiger partial charge in [-0.05, 0) is 55.2 Å². The molecule has 4 N–H and O–H groups in total. The number of amides is 3. The van der Waals surface area contributed by atoms with E-state index in [1.165, 1.54) is 0 Å². The van der Waals surface area contributed by atoms with Crippen molar-refractivity contribution in [3.8, 4) is 11.6 Å². The number of rotatable bonds is 14. The third kappa shape index (κ3) is 11.3. The molecule has 0 bridgehead atoms. The van der Waals surface area contributed by atoms with Crippen molar-refractivity contribution in [3.63, 3.8) is 0 Å². The van der Waals surface area contributed by atoms with Gasteiger partial charge in [0, 0.05) is 56.2 Å². The Balaban J connectivity index is 0.00000600. The molecule has 256 valence electrons. The predicted octanol–water partition coefficient (Wildman–Crippen LogP) is 6.12. The Labute approximate surface area is 280 Å². The number of carbonyl (C=O) groups is 2. The number of unbranched alkanes of at least 4 members (excludes halogenated alkanes) is 3. The van der Waals surface area contributed by atoms with Crippen molar-refractivity contribution >= 4 is 45.7 Å². The highest BCUT2D eigenvalue weighted by atomic mass is 35.5. The van der Waals surface area contributed by atoms with Crippen molar-refractivity contribution in [2.75, 3.05) is 35.9 Å². The molecule has 3 amide bonds. The number of piperidine rings is 1. The van der Waals surface area contributed by atoms with E-state index in [1.807, 2.05) is 6.07 Å². The maximum absolute atomic E-state index is 14.5. The number of nitrogens with one attached hydrogen (secondary N) is 2. The number of sulfonamides is 1. The molecule has 11 nitrogen and oxygen atoms in total. The smallest absolute Gasteiger partial charge is 0.322 e. The maximum atomic E-state index is 14.5. The molecule has 0 aliphatic carbocycles. The molecule has 3 aromatic rings. The third-order valence-corrected chi connectivity index (χ3v) is 8.27. The van der Waals surface area contributed by atoms with Gasteiger partial charge < -0.3 is 20.7 Å². The normalized spacial score (nSPS) is 13.8. The number of carbonyl (C=O) groups excluding carboxylic acids is 2. The fourth-order valence-electron chi connectivity index (χ4n) is 5.32. The zero-order chi connectivity index (χ0) is 33.3. The highest BCUT2D eigenvalue weighted by Crippen LogP contribution is 2.25. The zero-order valence-corrected chi connectivity index (χ0v) is 28.0. The molecule has 2 aromatic carbocycles. The van der Waals surface area contributed by atoms with Gasteiger partial charge in [-0.3, -0.25) is 14.4 Å². The van der Waals surface area contributed by atoms with Crippen LogP contribution < -0.4 is 20.5 Å². The van der Waals surface area contributed by atoms with Crippen LogP contribution in [0.2, 0.25) is 0 Å². The van der Waals surface area contributed by atoms with Crippen LogP contribution >= 0.6 is 12.4 Å². The van der Waals surface area contributed by atoms with Crippen LogP contribution in [-0.4, -0.2) is 67.1 Å². The van der Waals surface area contributed by atoms with E-state index in [4.69, 9.17) is 10.5 Å². The lowest BCUT2D eigenvalue weighted by atomic mass is 10.0. The second-order valence-electron chi connectivity index (χ2n) is 11.4. The van der Waals surface area contributed by atoms with E-state index in [2.05, 4.69) is 26.8 Å². The van der Waals surface area contributed by atoms with Crippen molar-refractivity contribution in [1.82, 2.24) is 14.8 Å². The van der Waals surface area contributed by atoms with Crippen LogP contribution in [0.1, 0.15) is 61.4 Å². The topological polar surface area (TPSA) is 147 Å². The number of ether oxygens (including phenoxy) is 1. The van der Waals surface area contributed by atoms with E-state index in [0.29, 0.717) is 49.3 Å². The number of nitrogens with two attached hydrogens (primary N) is 1. The molecule has 0 radical (unpaired) electrons. The van der Waals surface area contributed by atoms with Gasteiger partial charge in [-0.2, -0.15) is 0 Å². The number of aromatic nitrogens is 1. The van der Waals surface area contributed by atoms with Crippen LogP contribution in [-0.2, 0) is 16.6 Å². The van der Waals surface area contributed by atoms with Gasteiger partial charge in [0.15, 0.2) is 0 Å². The molecular weight excluding hydrogens is 654 g/mol. The SMILES string of the molecule is CCCCCCN(C(=O)Nc1cc(C(N)=O)c(F)cc1F)C1CCN(Cc2ccc(Oc3ccc(NS(C)(=O)=O)cc3)nc2)CC1.Cl. The maximum Gasteiger partial charge on any atom is 0.322 e. The average molecular weight is 695 g/mol. The number of urea groups is 1. The third-order valence-electron chi connectivity index (χ3n) is 7.66. The molecule has 1 aliphatic heterocycles. The number of primary amides is 1. The van der Waals surface area contributed by atoms with E-state index in [0.717, 1.165) is 56.7 Å². The largest absolute Gasteiger partial charge is 0.439 e. The summed E-state index contributed by atoms with van der Waals surface area (Å²) in [5, 5.41) is 2.53. The van der Waals surface area contributed by atoms with Gasteiger partial charge >= 0.3 is 6.03 Å². The van der Waals surface area contributed by atoms with Crippen LogP contribution in [0.3, 0.4) is 0 Å². The Morgan fingerprint density at radius 1 is 1.04 bits per heavy atom. The molecule has 0 spiro atoms. The van der Waals surface area contributed by atoms with E-state index in [9.17, 15) is 26.8 Å². The fourth-order valence-corrected chi connectivity index (χ4v) is 5.88. The number of hydrogen-bond acceptors (Lipinski definition) is 7. The number of benzene rings is 2. The van der Waals surface area contributed by atoms with Gasteiger partial charge in [0.2, 0.25) is 15.9 Å². The first-order valence-corrected chi connectivity index (χ1v) is 17.1. The van der Waals surface area contributed by atoms with Gasteiger partial charge in [0.25, 0.3) is 5.91 Å². The molecule has 1 saturated heterocycles. The molecule has 1 aliphatic rings. The summed E-state index contributed by atoms with van der Waals surface area (Å²) < 4.78 is 59.4. The Morgan fingerprint density at radius 2 is 1.74 bits per heavy atom. The molecule has 1 aromatic heterocycles. The summed E-state index contributed by atoms with van der Waals surface area (Å²) in [6, 6.07) is 11.1. The first kappa shape index (κ1) is 37.4. The second-order valence-corrected chi connectivity index (χ2v) is 13.1. The monoisotopic (exact) mass is 694 g/mol. The lowest BCUT2D eigenvalue weighted by Gasteiger charge is -2.38. The molecule has 0 saturated carbocycles. The molecule has 2 heterocycles. The summed E-state index contributed by atoms with van der Waals surface area (Å²) in [5.74, 6) is -2.21. The molecule has 1 fully saturated rings. The average Bonchev–Trinajstić information content (AvgIpc) is 3.00. The Morgan fingerprint density at radius 3 is 2.34 bits per heavy atom. The highest BCUT2D eigenvalue weighted by molar-refractivity contribution is 7.92. The van der Waals surface area contributed by atoms with Gasteiger partial charge in [0.1, 0.15) is 17.4 Å². The summed E-state index contributed by atoms with van der Waals surface area (Å²) in [7, 11) is -3.36. The fraction of sp³-hybridized carbons (Fsp3) is 0.406. The lowest BCUT2D eigenvalue weighted by molar-refractivity contribution is 0.0996. The Bertz CT molecular complexity index is 1610. The summed E-state index contributed by atoms with van der Waals surface area (Å²) in [6.07, 6.45) is 8.06. The van der Waals surface area contributed by atoms with Crippen molar-refractivity contribution in [2.24, 2.45) is 5.73 Å². The lowest BCUT2D eigenvalue weighted by Crippen LogP contribution is -2.49. The van der Waals surface area contributed by atoms with E-state index >= 15 is 0 Å². The van der Waals surface area contributed by atoms with E-state index < -0.39 is 39.2 Å². The predicted molar refractivity (Wildman–Crippen MR) is 180 cm³/mol. The standard InChI is InChI=1S/C32H40F2N6O5S.ClH/c1-3-4-5-6-15-40(32(42)37-29-18-26(31(35)41)27(33)19-28(29)34)24-13-16-39(17-14-24)21-22-7-12-30(36-20-22)45-25-10-8-23(9-11-25)38-46(2,43)44;/h7-12,18-20,24,38H,3-6,13-17,21H2,1-2H3,(H2,35,41)(H,37,42);1H. The number of pyridine rings is 1. The molecule has 0 atom stereocenters. The summed E-state index contributed by atoms with van der Waals surface area (Å²) >= 11 is 0. The van der Waals surface area contributed by atoms with Crippen LogP contribution in [0.4, 0.5) is 25.0 Å². The van der Waals surface area contributed by atoms with Crippen LogP contribution in [0.15, 0.2) is 54.7 Å². The zero-order valence-electron chi connectivity index (χ0n) is 26.4. The van der Waals surface area contributed by atoms with Crippen molar-refractivity contribution in [3.05, 3.63) is 77.5 Å². The minimum atomic E-state index is -3.36. The Hall–Kier alpha value is -4.01. The first-order valence-electron chi connectivity index (χ1n) is 15.2. The summed E-state index contributed by atoms with van der Waals surface area (Å²) in [4.78, 5) is 33.3. The summed E-state index contributed by atoms with van der Waals surface area (Å²) in [6.45, 7) is 4.71. The first-order chi connectivity index (χ1) is 21.9. The van der Waals surface area contributed by atoms with Crippen LogP contribution in [0.25, 0.3) is 0 Å². The molecule has 4 rings (SSSR count). The number of anilines is 2. The van der Waals surface area contributed by atoms with Crippen molar-refractivity contribution < 1.29 is 31.5 Å². The van der Waals surface area contributed by atoms with E-state index in [1.54, 1.807) is 41.4 Å². The molecule has 47 heavy (non-hydrogen) atoms. The van der Waals surface area contributed by atoms with Crippen molar-refractivity contribution in [2.45, 2.75) is 58.0 Å². The molecule has 15 heteroatoms. The number of likely N-dealkylation sites (tertiary alicyclic amines) is 1. The highest BCUT2D eigenvalue weighted by Gasteiger charge is 2.29. The second kappa shape index (κ2) is 17.2. The van der Waals surface area contributed by atoms with Gasteiger partial charge in [-0.15, -0.1) is 12.4 Å². The quantitative estimate of drug-likeness (QED) is 0.172. The number of nitrogens with zero attached hydrogens (tertiary/aromatic N) is 3.